The third-order valence-corrected chi connectivity index (χ3v) is 6.57. The fourth-order valence-corrected chi connectivity index (χ4v) is 4.34. The minimum absolute atomic E-state index is 3.28. The first kappa shape index (κ1) is 23.4. The van der Waals surface area contributed by atoms with Crippen LogP contribution in [0.3, 0.4) is 0 Å². The van der Waals surface area contributed by atoms with E-state index in [1.807, 2.05) is 0 Å². The van der Waals surface area contributed by atoms with Gasteiger partial charge in [0.1, 0.15) is 0 Å². The van der Waals surface area contributed by atoms with E-state index in [2.05, 4.69) is 0 Å². The Kier molecular flexibility index (Phi) is 6.48. The Balaban J connectivity index is 5.96. The zero-order valence-corrected chi connectivity index (χ0v) is 12.0. The average molecular weight is 414 g/mol. The van der Waals surface area contributed by atoms with Gasteiger partial charge >= 0.3 is 124 Å². The molecule has 3 unspecified atom stereocenters. The van der Waals surface area contributed by atoms with Gasteiger partial charge in [-0.05, 0) is 0 Å². The van der Waals surface area contributed by atoms with E-state index in [4.69, 9.17) is 0 Å². The van der Waals surface area contributed by atoms with Crippen molar-refractivity contribution < 1.29 is 61.1 Å². The van der Waals surface area contributed by atoms with Gasteiger partial charge in [0.05, 0.1) is 0 Å². The fourth-order valence-electron chi connectivity index (χ4n) is 1.62. The van der Waals surface area contributed by atoms with Crippen molar-refractivity contribution in [2.24, 2.45) is 0 Å². The van der Waals surface area contributed by atoms with Crippen molar-refractivity contribution in [3.05, 3.63) is 0 Å². The Morgan fingerprint density at radius 2 is 0.667 bits per heavy atom. The molecule has 0 aliphatic rings. The second-order valence-electron chi connectivity index (χ2n) is 4.86. The molecule has 15 heteroatoms. The van der Waals surface area contributed by atoms with Gasteiger partial charge < -0.3 is 0 Å². The summed E-state index contributed by atoms with van der Waals surface area (Å²) in [6, 6.07) is 0. The van der Waals surface area contributed by atoms with Crippen LogP contribution in [0.5, 0.6) is 0 Å². The number of rotatable bonds is 6. The summed E-state index contributed by atoms with van der Waals surface area (Å²) in [7, 11) is -9.05. The van der Waals surface area contributed by atoms with Crippen LogP contribution in [0.25, 0.3) is 0 Å². The molecule has 0 aliphatic heterocycles. The van der Waals surface area contributed by atoms with Crippen molar-refractivity contribution in [2.45, 2.75) is 55.5 Å². The van der Waals surface area contributed by atoms with Crippen molar-refractivity contribution in [3.63, 3.8) is 0 Å². The first-order valence-corrected chi connectivity index (χ1v) is 7.98. The normalized spacial score (nSPS) is 20.2. The van der Waals surface area contributed by atoms with E-state index in [1.54, 1.807) is 0 Å². The fraction of sp³-hybridized carbons (Fsp3) is 1.00. The topological polar surface area (TPSA) is 0 Å². The summed E-state index contributed by atoms with van der Waals surface area (Å²) < 4.78 is 176. The summed E-state index contributed by atoms with van der Waals surface area (Å²) in [6.45, 7) is 0. The van der Waals surface area contributed by atoms with Crippen LogP contribution < -0.4 is 0 Å². The Labute approximate surface area is 125 Å². The van der Waals surface area contributed by atoms with Gasteiger partial charge in [-0.15, -0.1) is 0 Å². The van der Waals surface area contributed by atoms with Gasteiger partial charge in [-0.1, -0.05) is 0 Å². The molecule has 0 aliphatic carbocycles. The van der Waals surface area contributed by atoms with E-state index < -0.39 is 62.8 Å². The molecule has 0 aromatic rings. The standard InChI is InChI=1S/C9H9F14P/c10-4(1-7(13,14)15)24(22,23,5(11)2-8(16,17)18)6(12)3-9(19,20)21/h4-6H,1-3H2. The van der Waals surface area contributed by atoms with E-state index in [1.165, 1.54) is 0 Å². The first-order chi connectivity index (χ1) is 10.2. The van der Waals surface area contributed by atoms with Gasteiger partial charge in [-0.2, -0.15) is 0 Å². The predicted octanol–water partition coefficient (Wildman–Crippen LogP) is 7.05. The molecule has 0 rings (SSSR count). The van der Waals surface area contributed by atoms with Crippen LogP contribution in [0.1, 0.15) is 19.3 Å². The van der Waals surface area contributed by atoms with Crippen molar-refractivity contribution in [2.75, 3.05) is 0 Å². The minimum atomic E-state index is -9.05. The zero-order chi connectivity index (χ0) is 19.8. The van der Waals surface area contributed by atoms with E-state index in [0.717, 1.165) is 0 Å². The Morgan fingerprint density at radius 1 is 0.500 bits per heavy atom. The summed E-state index contributed by atoms with van der Waals surface area (Å²) in [4.78, 5) is 0. The van der Waals surface area contributed by atoms with E-state index in [0.29, 0.717) is 0 Å². The van der Waals surface area contributed by atoms with Gasteiger partial charge in [-0.25, -0.2) is 0 Å². The Hall–Kier alpha value is -0.550. The molecule has 0 N–H and O–H groups in total. The van der Waals surface area contributed by atoms with Crippen LogP contribution in [0.15, 0.2) is 0 Å². The third kappa shape index (κ3) is 6.07. The molecule has 0 fully saturated rings. The number of hydrogen-bond donors (Lipinski definition) is 0. The van der Waals surface area contributed by atoms with Crippen LogP contribution in [0.4, 0.5) is 61.1 Å². The summed E-state index contributed by atoms with van der Waals surface area (Å²) in [5, 5.41) is 0. The zero-order valence-electron chi connectivity index (χ0n) is 11.1. The molecule has 0 amide bonds. The van der Waals surface area contributed by atoms with Crippen molar-refractivity contribution >= 4 is 7.22 Å². The predicted molar refractivity (Wildman–Crippen MR) is 55.8 cm³/mol. The molecule has 0 saturated carbocycles. The molecule has 0 radical (unpaired) electrons. The van der Waals surface area contributed by atoms with Crippen molar-refractivity contribution in [1.29, 1.82) is 0 Å². The quantitative estimate of drug-likeness (QED) is 0.323. The SMILES string of the molecule is FC(CC(F)(F)F)P(F)(F)(C(F)CC(F)(F)F)C(F)CC(F)(F)F. The monoisotopic (exact) mass is 414 g/mol. The summed E-state index contributed by atoms with van der Waals surface area (Å²) in [5.74, 6) is -14.7. The third-order valence-electron chi connectivity index (χ3n) is 2.81. The van der Waals surface area contributed by atoms with Gasteiger partial charge in [0, 0.05) is 0 Å². The molecule has 148 valence electrons. The summed E-state index contributed by atoms with van der Waals surface area (Å²) in [5.41, 5.74) is 0. The van der Waals surface area contributed by atoms with Crippen LogP contribution in [0.2, 0.25) is 0 Å². The van der Waals surface area contributed by atoms with Gasteiger partial charge in [0.15, 0.2) is 0 Å². The van der Waals surface area contributed by atoms with E-state index >= 15 is 0 Å². The van der Waals surface area contributed by atoms with Crippen molar-refractivity contribution in [1.82, 2.24) is 0 Å². The van der Waals surface area contributed by atoms with Gasteiger partial charge in [0.25, 0.3) is 0 Å². The summed E-state index contributed by atoms with van der Waals surface area (Å²) >= 11 is 0. The molecule has 3 atom stereocenters. The number of halogens is 14. The van der Waals surface area contributed by atoms with Crippen molar-refractivity contribution in [3.8, 4) is 0 Å². The van der Waals surface area contributed by atoms with Gasteiger partial charge in [-0.3, -0.25) is 0 Å². The molecule has 0 aromatic heterocycles. The number of alkyl halides is 12. The Morgan fingerprint density at radius 3 is 0.792 bits per heavy atom. The van der Waals surface area contributed by atoms with Gasteiger partial charge in [0.2, 0.25) is 0 Å². The first-order valence-electron chi connectivity index (χ1n) is 5.75. The van der Waals surface area contributed by atoms with E-state index in [-0.39, 0.29) is 0 Å². The molecule has 0 bridgehead atoms. The molecule has 0 nitrogen and oxygen atoms in total. The molecule has 24 heavy (non-hydrogen) atoms. The second-order valence-corrected chi connectivity index (χ2v) is 8.73. The number of hydrogen-bond acceptors (Lipinski definition) is 0. The maximum atomic E-state index is 14.1. The molecular weight excluding hydrogens is 405 g/mol. The van der Waals surface area contributed by atoms with Crippen LogP contribution >= 0.6 is 7.22 Å². The molecule has 0 spiro atoms. The van der Waals surface area contributed by atoms with Crippen LogP contribution in [0, 0.1) is 0 Å². The van der Waals surface area contributed by atoms with E-state index in [9.17, 15) is 61.1 Å². The Bertz CT molecular complexity index is 358. The molecule has 0 saturated heterocycles. The second kappa shape index (κ2) is 6.64. The molecule has 0 heterocycles. The average Bonchev–Trinajstić information content (AvgIpc) is 2.21. The van der Waals surface area contributed by atoms with Crippen LogP contribution in [-0.4, -0.2) is 36.3 Å². The molecule has 0 aromatic carbocycles. The maximum absolute atomic E-state index is 14.1. The summed E-state index contributed by atoms with van der Waals surface area (Å²) in [6.07, 6.45) is -27.4. The molecular formula is C9H9F14P. The van der Waals surface area contributed by atoms with Crippen LogP contribution in [-0.2, 0) is 0 Å².